The number of nitrogens with zero attached hydrogens (tertiary/aromatic N) is 4. The number of hydrogen-bond donors (Lipinski definition) is 0. The van der Waals surface area contributed by atoms with Gasteiger partial charge in [-0.3, -0.25) is 4.57 Å². The van der Waals surface area contributed by atoms with Crippen molar-refractivity contribution < 1.29 is 0 Å². The van der Waals surface area contributed by atoms with E-state index in [1.807, 2.05) is 16.8 Å². The fourth-order valence-corrected chi connectivity index (χ4v) is 1.23. The second-order valence-electron chi connectivity index (χ2n) is 2.63. The second kappa shape index (κ2) is 3.35. The van der Waals surface area contributed by atoms with Gasteiger partial charge < -0.3 is 0 Å². The smallest absolute Gasteiger partial charge is 0.141 e. The Hall–Kier alpha value is -1.71. The van der Waals surface area contributed by atoms with Crippen LogP contribution < -0.4 is 0 Å². The summed E-state index contributed by atoms with van der Waals surface area (Å²) in [5.74, 6) is 1.88. The average molecular weight is 174 g/mol. The van der Waals surface area contributed by atoms with Crippen molar-refractivity contribution in [2.45, 2.75) is 13.3 Å². The van der Waals surface area contributed by atoms with Gasteiger partial charge in [0.1, 0.15) is 18.0 Å². The van der Waals surface area contributed by atoms with Crippen LogP contribution in [0.25, 0.3) is 5.82 Å². The summed E-state index contributed by atoms with van der Waals surface area (Å²) in [5.41, 5.74) is 0. The highest BCUT2D eigenvalue weighted by Crippen LogP contribution is 2.06. The van der Waals surface area contributed by atoms with Gasteiger partial charge in [-0.2, -0.15) is 0 Å². The first-order valence-electron chi connectivity index (χ1n) is 4.20. The molecule has 0 bridgehead atoms. The monoisotopic (exact) mass is 174 g/mol. The lowest BCUT2D eigenvalue weighted by molar-refractivity contribution is 0.861. The molecule has 2 rings (SSSR count). The maximum absolute atomic E-state index is 4.21. The van der Waals surface area contributed by atoms with Gasteiger partial charge in [-0.15, -0.1) is 0 Å². The summed E-state index contributed by atoms with van der Waals surface area (Å²) in [6, 6.07) is 1.86. The molecule has 0 saturated heterocycles. The zero-order valence-corrected chi connectivity index (χ0v) is 7.38. The first kappa shape index (κ1) is 7.91. The average Bonchev–Trinajstić information content (AvgIpc) is 2.67. The van der Waals surface area contributed by atoms with Crippen LogP contribution in [0.1, 0.15) is 12.7 Å². The molecule has 0 aromatic carbocycles. The number of hydrogen-bond acceptors (Lipinski definition) is 3. The Morgan fingerprint density at radius 2 is 2.23 bits per heavy atom. The minimum absolute atomic E-state index is 0.865. The van der Waals surface area contributed by atoms with Gasteiger partial charge in [-0.25, -0.2) is 15.0 Å². The van der Waals surface area contributed by atoms with Crippen LogP contribution in [0.2, 0.25) is 0 Å². The molecule has 13 heavy (non-hydrogen) atoms. The van der Waals surface area contributed by atoms with E-state index in [0.29, 0.717) is 0 Å². The van der Waals surface area contributed by atoms with Crippen LogP contribution in [0.15, 0.2) is 31.0 Å². The maximum atomic E-state index is 4.21. The molecule has 2 aromatic heterocycles. The van der Waals surface area contributed by atoms with Crippen molar-refractivity contribution in [3.63, 3.8) is 0 Å². The van der Waals surface area contributed by atoms with Crippen molar-refractivity contribution in [1.29, 1.82) is 0 Å². The number of rotatable bonds is 2. The van der Waals surface area contributed by atoms with E-state index in [1.54, 1.807) is 12.4 Å². The summed E-state index contributed by atoms with van der Waals surface area (Å²) in [6.45, 7) is 2.07. The molecule has 0 radical (unpaired) electrons. The predicted octanol–water partition coefficient (Wildman–Crippen LogP) is 1.22. The van der Waals surface area contributed by atoms with Crippen LogP contribution in [-0.4, -0.2) is 19.5 Å². The SMILES string of the molecule is CCc1nccn1-c1ccncn1. The fraction of sp³-hybridized carbons (Fsp3) is 0.222. The molecule has 0 saturated carbocycles. The molecular formula is C9H10N4. The van der Waals surface area contributed by atoms with Crippen LogP contribution in [0, 0.1) is 0 Å². The number of imidazole rings is 1. The topological polar surface area (TPSA) is 43.6 Å². The fourth-order valence-electron chi connectivity index (χ4n) is 1.23. The first-order valence-corrected chi connectivity index (χ1v) is 4.20. The van der Waals surface area contributed by atoms with Gasteiger partial charge in [0.05, 0.1) is 0 Å². The predicted molar refractivity (Wildman–Crippen MR) is 48.5 cm³/mol. The zero-order chi connectivity index (χ0) is 9.10. The minimum Gasteiger partial charge on any atom is -0.288 e. The minimum atomic E-state index is 0.865. The Morgan fingerprint density at radius 3 is 2.92 bits per heavy atom. The van der Waals surface area contributed by atoms with E-state index in [1.165, 1.54) is 6.33 Å². The molecule has 0 fully saturated rings. The van der Waals surface area contributed by atoms with E-state index in [-0.39, 0.29) is 0 Å². The Morgan fingerprint density at radius 1 is 1.31 bits per heavy atom. The summed E-state index contributed by atoms with van der Waals surface area (Å²) in [4.78, 5) is 12.2. The van der Waals surface area contributed by atoms with Crippen molar-refractivity contribution in [2.24, 2.45) is 0 Å². The molecule has 0 aliphatic carbocycles. The van der Waals surface area contributed by atoms with Crippen LogP contribution in [0.4, 0.5) is 0 Å². The number of aromatic nitrogens is 4. The van der Waals surface area contributed by atoms with E-state index < -0.39 is 0 Å². The van der Waals surface area contributed by atoms with Gasteiger partial charge in [0.25, 0.3) is 0 Å². The molecule has 0 spiro atoms. The van der Waals surface area contributed by atoms with Crippen molar-refractivity contribution in [3.05, 3.63) is 36.8 Å². The largest absolute Gasteiger partial charge is 0.288 e. The van der Waals surface area contributed by atoms with Crippen LogP contribution >= 0.6 is 0 Å². The van der Waals surface area contributed by atoms with E-state index in [2.05, 4.69) is 21.9 Å². The van der Waals surface area contributed by atoms with Crippen LogP contribution in [-0.2, 0) is 6.42 Å². The first-order chi connectivity index (χ1) is 6.42. The summed E-state index contributed by atoms with van der Waals surface area (Å²) in [5, 5.41) is 0. The Labute approximate surface area is 76.3 Å². The highest BCUT2D eigenvalue weighted by Gasteiger charge is 2.01. The quantitative estimate of drug-likeness (QED) is 0.687. The molecule has 2 aromatic rings. The molecule has 0 N–H and O–H groups in total. The third-order valence-electron chi connectivity index (χ3n) is 1.85. The standard InChI is InChI=1S/C9H10N4/c1-2-8-11-5-6-13(8)9-3-4-10-7-12-9/h3-7H,2H2,1H3. The van der Waals surface area contributed by atoms with Crippen LogP contribution in [0.3, 0.4) is 0 Å². The van der Waals surface area contributed by atoms with Crippen molar-refractivity contribution in [1.82, 2.24) is 19.5 Å². The molecule has 2 heterocycles. The van der Waals surface area contributed by atoms with E-state index in [0.717, 1.165) is 18.1 Å². The molecule has 4 heteroatoms. The number of aryl methyl sites for hydroxylation is 1. The van der Waals surface area contributed by atoms with E-state index in [4.69, 9.17) is 0 Å². The molecular weight excluding hydrogens is 164 g/mol. The van der Waals surface area contributed by atoms with Gasteiger partial charge in [-0.05, 0) is 6.07 Å². The highest BCUT2D eigenvalue weighted by atomic mass is 15.1. The molecule has 0 amide bonds. The lowest BCUT2D eigenvalue weighted by atomic mass is 10.4. The Kier molecular flexibility index (Phi) is 2.04. The summed E-state index contributed by atoms with van der Waals surface area (Å²) in [7, 11) is 0. The van der Waals surface area contributed by atoms with Gasteiger partial charge in [0.2, 0.25) is 0 Å². The highest BCUT2D eigenvalue weighted by molar-refractivity contribution is 5.21. The van der Waals surface area contributed by atoms with Gasteiger partial charge in [0.15, 0.2) is 0 Å². The summed E-state index contributed by atoms with van der Waals surface area (Å²) in [6.07, 6.45) is 7.84. The van der Waals surface area contributed by atoms with Crippen molar-refractivity contribution in [3.8, 4) is 5.82 Å². The summed E-state index contributed by atoms with van der Waals surface area (Å²) >= 11 is 0. The molecule has 66 valence electrons. The van der Waals surface area contributed by atoms with Crippen molar-refractivity contribution >= 4 is 0 Å². The lowest BCUT2D eigenvalue weighted by Gasteiger charge is -2.03. The Bertz CT molecular complexity index is 380. The van der Waals surface area contributed by atoms with Crippen molar-refractivity contribution in [2.75, 3.05) is 0 Å². The maximum Gasteiger partial charge on any atom is 0.141 e. The molecule has 0 atom stereocenters. The third kappa shape index (κ3) is 1.42. The van der Waals surface area contributed by atoms with Gasteiger partial charge in [-0.1, -0.05) is 6.92 Å². The Balaban J connectivity index is 2.47. The second-order valence-corrected chi connectivity index (χ2v) is 2.63. The van der Waals surface area contributed by atoms with E-state index in [9.17, 15) is 0 Å². The van der Waals surface area contributed by atoms with E-state index >= 15 is 0 Å². The molecule has 0 unspecified atom stereocenters. The lowest BCUT2D eigenvalue weighted by Crippen LogP contribution is -2.01. The third-order valence-corrected chi connectivity index (χ3v) is 1.85. The van der Waals surface area contributed by atoms with Gasteiger partial charge in [0, 0.05) is 25.0 Å². The molecule has 4 nitrogen and oxygen atoms in total. The van der Waals surface area contributed by atoms with Crippen LogP contribution in [0.5, 0.6) is 0 Å². The van der Waals surface area contributed by atoms with Gasteiger partial charge >= 0.3 is 0 Å². The molecule has 0 aliphatic heterocycles. The summed E-state index contributed by atoms with van der Waals surface area (Å²) < 4.78 is 1.96. The normalized spacial score (nSPS) is 10.2. The zero-order valence-electron chi connectivity index (χ0n) is 7.38. The molecule has 0 aliphatic rings.